The maximum Gasteiger partial charge on any atom is 0.472 e. The molecule has 13 nitrogen and oxygen atoms in total. The monoisotopic (exact) mass is 927 g/mol. The summed E-state index contributed by atoms with van der Waals surface area (Å²) >= 11 is 0. The van der Waals surface area contributed by atoms with Crippen LogP contribution in [0.1, 0.15) is 181 Å². The molecule has 64 heavy (non-hydrogen) atoms. The molecule has 0 heterocycles. The second kappa shape index (κ2) is 42.5. The zero-order valence-electron chi connectivity index (χ0n) is 40.7. The minimum absolute atomic E-state index is 0.00699. The van der Waals surface area contributed by atoms with Gasteiger partial charge >= 0.3 is 31.7 Å². The third kappa shape index (κ3) is 45.5. The topological polar surface area (TPSA) is 161 Å². The number of hydrogen-bond donors (Lipinski definition) is 1. The number of quaternary nitrogens is 1. The van der Waals surface area contributed by atoms with Crippen molar-refractivity contribution >= 4 is 31.7 Å². The van der Waals surface area contributed by atoms with Crippen molar-refractivity contribution in [3.8, 4) is 0 Å². The van der Waals surface area contributed by atoms with E-state index >= 15 is 0 Å². The van der Waals surface area contributed by atoms with Gasteiger partial charge in [-0.05, 0) is 39.5 Å². The van der Waals surface area contributed by atoms with Gasteiger partial charge in [0, 0.05) is 25.0 Å². The van der Waals surface area contributed by atoms with Gasteiger partial charge in [-0.1, -0.05) is 165 Å². The van der Waals surface area contributed by atoms with Crippen molar-refractivity contribution in [2.24, 2.45) is 0 Å². The number of rotatable bonds is 44. The van der Waals surface area contributed by atoms with Crippen LogP contribution in [-0.2, 0) is 51.7 Å². The zero-order chi connectivity index (χ0) is 47.4. The average molecular weight is 927 g/mol. The third-order valence-corrected chi connectivity index (χ3v) is 11.3. The third-order valence-electron chi connectivity index (χ3n) is 10.3. The van der Waals surface area contributed by atoms with Crippen molar-refractivity contribution in [3.63, 3.8) is 0 Å². The van der Waals surface area contributed by atoms with Crippen LogP contribution in [0.15, 0.2) is 48.6 Å². The molecule has 0 aliphatic heterocycles. The molecule has 1 unspecified atom stereocenters. The van der Waals surface area contributed by atoms with Crippen LogP contribution in [-0.4, -0.2) is 100 Å². The Kier molecular flexibility index (Phi) is 40.5. The lowest BCUT2D eigenvalue weighted by Gasteiger charge is -2.24. The SMILES string of the molecule is C/C=C/C=C/C(=O)OCCCCCCCCCCCCCCC(=O)OC[C@H](COP(=O)(O)OCC[N+](C)(C)C)OC(=O)CCCCCCCCCCCCCCOC(=O)/C=C/C=C/C. The number of hydrogen-bond acceptors (Lipinski definition) is 11. The number of carbonyl (C=O) groups is 4. The van der Waals surface area contributed by atoms with E-state index in [0.29, 0.717) is 37.1 Å². The van der Waals surface area contributed by atoms with E-state index in [4.69, 9.17) is 28.0 Å². The van der Waals surface area contributed by atoms with Crippen LogP contribution in [0.2, 0.25) is 0 Å². The highest BCUT2D eigenvalue weighted by Gasteiger charge is 2.27. The van der Waals surface area contributed by atoms with Crippen LogP contribution in [0.3, 0.4) is 0 Å². The Labute approximate surface area is 388 Å². The standard InChI is InChI=1S/C50H88NO12P/c1-6-8-30-36-47(52)58-41-34-28-24-20-16-12-10-14-18-22-26-32-38-49(54)60-44-46(45-62-64(56,57)61-43-40-51(3,4)5)63-50(55)39-33-27-23-19-15-11-13-17-21-25-29-35-42-59-48(53)37-31-9-7-2/h6-9,30-31,36-37,46H,10-29,32-35,38-45H2,1-5H3/p+1/b8-6+,9-7+,36-30+,37-31+/t46-/m1/s1. The molecule has 0 spiro atoms. The first-order valence-corrected chi connectivity index (χ1v) is 26.0. The summed E-state index contributed by atoms with van der Waals surface area (Å²) in [6.45, 7) is 4.51. The summed E-state index contributed by atoms with van der Waals surface area (Å²) in [6.07, 6.45) is 38.6. The van der Waals surface area contributed by atoms with Gasteiger partial charge in [-0.3, -0.25) is 18.6 Å². The van der Waals surface area contributed by atoms with Gasteiger partial charge in [0.25, 0.3) is 0 Å². The average Bonchev–Trinajstić information content (AvgIpc) is 3.24. The van der Waals surface area contributed by atoms with E-state index in [9.17, 15) is 28.6 Å². The number of nitrogens with zero attached hydrogens (tertiary/aromatic N) is 1. The summed E-state index contributed by atoms with van der Waals surface area (Å²) in [5, 5.41) is 0. The van der Waals surface area contributed by atoms with E-state index in [1.54, 1.807) is 24.3 Å². The van der Waals surface area contributed by atoms with E-state index < -0.39 is 32.5 Å². The Balaban J connectivity index is 4.25. The van der Waals surface area contributed by atoms with Crippen LogP contribution in [0.25, 0.3) is 0 Å². The summed E-state index contributed by atoms with van der Waals surface area (Å²) in [5.41, 5.74) is 0. The van der Waals surface area contributed by atoms with E-state index in [1.165, 1.54) is 69.9 Å². The molecular formula is C50H89NO12P+. The van der Waals surface area contributed by atoms with Crippen molar-refractivity contribution in [1.82, 2.24) is 0 Å². The van der Waals surface area contributed by atoms with Crippen molar-refractivity contribution in [2.75, 3.05) is 60.7 Å². The zero-order valence-corrected chi connectivity index (χ0v) is 41.6. The molecule has 0 rings (SSSR count). The van der Waals surface area contributed by atoms with Crippen LogP contribution >= 0.6 is 7.82 Å². The summed E-state index contributed by atoms with van der Waals surface area (Å²) in [4.78, 5) is 58.6. The van der Waals surface area contributed by atoms with Crippen LogP contribution in [0.4, 0.5) is 0 Å². The highest BCUT2D eigenvalue weighted by molar-refractivity contribution is 7.47. The molecule has 2 atom stereocenters. The Morgan fingerprint density at radius 2 is 0.859 bits per heavy atom. The molecule has 0 fully saturated rings. The second-order valence-corrected chi connectivity index (χ2v) is 18.9. The fraction of sp³-hybridized carbons (Fsp3) is 0.760. The summed E-state index contributed by atoms with van der Waals surface area (Å²) in [5.74, 6) is -1.46. The molecule has 0 aromatic rings. The van der Waals surface area contributed by atoms with Crippen LogP contribution in [0, 0.1) is 0 Å². The van der Waals surface area contributed by atoms with Crippen molar-refractivity contribution in [1.29, 1.82) is 0 Å². The Morgan fingerprint density at radius 3 is 1.25 bits per heavy atom. The van der Waals surface area contributed by atoms with E-state index in [-0.39, 0.29) is 38.0 Å². The number of allylic oxidation sites excluding steroid dienone is 6. The van der Waals surface area contributed by atoms with E-state index in [1.807, 2.05) is 47.1 Å². The van der Waals surface area contributed by atoms with Gasteiger partial charge in [-0.15, -0.1) is 0 Å². The van der Waals surface area contributed by atoms with Crippen molar-refractivity contribution in [3.05, 3.63) is 48.6 Å². The minimum atomic E-state index is -4.41. The molecule has 0 bridgehead atoms. The number of esters is 4. The maximum atomic E-state index is 12.7. The number of phosphoric acid groups is 1. The van der Waals surface area contributed by atoms with Crippen molar-refractivity contribution < 1.29 is 61.1 Å². The largest absolute Gasteiger partial charge is 0.472 e. The summed E-state index contributed by atoms with van der Waals surface area (Å²) in [6, 6.07) is 0. The molecule has 0 saturated carbocycles. The Morgan fingerprint density at radius 1 is 0.484 bits per heavy atom. The quantitative estimate of drug-likeness (QED) is 0.0117. The Hall–Kier alpha value is -3.09. The van der Waals surface area contributed by atoms with Gasteiger partial charge in [0.2, 0.25) is 0 Å². The van der Waals surface area contributed by atoms with Gasteiger partial charge in [0.05, 0.1) is 41.0 Å². The summed E-state index contributed by atoms with van der Waals surface area (Å²) in [7, 11) is 1.39. The number of carbonyl (C=O) groups excluding carboxylic acids is 4. The first-order chi connectivity index (χ1) is 30.8. The Bertz CT molecular complexity index is 1360. The smallest absolute Gasteiger partial charge is 0.463 e. The number of likely N-dealkylation sites (N-methyl/N-ethyl adjacent to an activating group) is 1. The first-order valence-electron chi connectivity index (χ1n) is 24.5. The van der Waals surface area contributed by atoms with E-state index in [0.717, 1.165) is 83.5 Å². The molecule has 0 aromatic heterocycles. The number of phosphoric ester groups is 1. The predicted octanol–water partition coefficient (Wildman–Crippen LogP) is 11.8. The van der Waals surface area contributed by atoms with Gasteiger partial charge in [-0.2, -0.15) is 0 Å². The lowest BCUT2D eigenvalue weighted by molar-refractivity contribution is -0.870. The number of unbranched alkanes of at least 4 members (excludes halogenated alkanes) is 22. The maximum absolute atomic E-state index is 12.7. The summed E-state index contributed by atoms with van der Waals surface area (Å²) < 4.78 is 44.7. The molecule has 0 aromatic carbocycles. The molecule has 0 saturated heterocycles. The molecule has 1 N–H and O–H groups in total. The lowest BCUT2D eigenvalue weighted by Crippen LogP contribution is -2.37. The van der Waals surface area contributed by atoms with Crippen molar-refractivity contribution in [2.45, 2.75) is 187 Å². The van der Waals surface area contributed by atoms with Gasteiger partial charge in [0.1, 0.15) is 19.8 Å². The second-order valence-electron chi connectivity index (χ2n) is 17.5. The minimum Gasteiger partial charge on any atom is -0.463 e. The van der Waals surface area contributed by atoms with Gasteiger partial charge in [-0.25, -0.2) is 14.2 Å². The molecule has 0 aliphatic carbocycles. The first kappa shape index (κ1) is 60.9. The highest BCUT2D eigenvalue weighted by Crippen LogP contribution is 2.43. The lowest BCUT2D eigenvalue weighted by atomic mass is 10.0. The van der Waals surface area contributed by atoms with Gasteiger partial charge < -0.3 is 28.3 Å². The van der Waals surface area contributed by atoms with E-state index in [2.05, 4.69) is 0 Å². The predicted molar refractivity (Wildman–Crippen MR) is 255 cm³/mol. The molecule has 370 valence electrons. The fourth-order valence-corrected chi connectivity index (χ4v) is 7.22. The number of ether oxygens (including phenoxy) is 4. The fourth-order valence-electron chi connectivity index (χ4n) is 6.47. The normalized spacial score (nSPS) is 13.5. The van der Waals surface area contributed by atoms with Crippen LogP contribution < -0.4 is 0 Å². The molecule has 0 aliphatic rings. The van der Waals surface area contributed by atoms with Gasteiger partial charge in [0.15, 0.2) is 6.10 Å². The molecule has 0 radical (unpaired) electrons. The highest BCUT2D eigenvalue weighted by atomic mass is 31.2. The van der Waals surface area contributed by atoms with Crippen LogP contribution in [0.5, 0.6) is 0 Å². The molecule has 0 amide bonds. The molecule has 14 heteroatoms. The molecular weight excluding hydrogens is 838 g/mol.